The quantitative estimate of drug-likeness (QED) is 0.515. The molecule has 2 aliphatic carbocycles. The van der Waals surface area contributed by atoms with E-state index in [4.69, 9.17) is 5.26 Å². The zero-order chi connectivity index (χ0) is 21.0. The van der Waals surface area contributed by atoms with Crippen molar-refractivity contribution in [3.8, 4) is 6.07 Å². The summed E-state index contributed by atoms with van der Waals surface area (Å²) in [6.07, 6.45) is 12.7. The van der Waals surface area contributed by atoms with Crippen molar-refractivity contribution in [1.29, 1.82) is 5.26 Å². The fourth-order valence-electron chi connectivity index (χ4n) is 3.93. The Hall–Kier alpha value is -2.92. The number of nitriles is 1. The standard InChI is InChI=1S/C14H15N5O2.C8H13N/c20-11(17-7-14(21)2-3-14)5-10-18-9-6-16-13-8(1-4-15-13)12(9)19-10;9-7-6-8-4-2-1-3-5-8/h1,4,6,21H,2-3,5,7H2,(H,15,16)(H,17,20)(H,18,19);8H,1-6H2. The topological polar surface area (TPSA) is 130 Å². The largest absolute Gasteiger partial charge is 0.388 e. The van der Waals surface area contributed by atoms with E-state index in [9.17, 15) is 9.90 Å². The first-order chi connectivity index (χ1) is 14.6. The van der Waals surface area contributed by atoms with Crippen LogP contribution in [0.1, 0.15) is 57.2 Å². The van der Waals surface area contributed by atoms with Crippen molar-refractivity contribution in [2.24, 2.45) is 5.92 Å². The van der Waals surface area contributed by atoms with E-state index in [1.165, 1.54) is 32.1 Å². The number of nitrogens with one attached hydrogen (secondary N) is 3. The van der Waals surface area contributed by atoms with Gasteiger partial charge in [0.05, 0.1) is 29.8 Å². The summed E-state index contributed by atoms with van der Waals surface area (Å²) < 4.78 is 0. The van der Waals surface area contributed by atoms with Gasteiger partial charge in [0.15, 0.2) is 0 Å². The fourth-order valence-corrected chi connectivity index (χ4v) is 3.93. The first-order valence-electron chi connectivity index (χ1n) is 10.7. The van der Waals surface area contributed by atoms with Gasteiger partial charge in [-0.3, -0.25) is 4.79 Å². The molecule has 0 saturated heterocycles. The van der Waals surface area contributed by atoms with Gasteiger partial charge >= 0.3 is 0 Å². The molecule has 1 amide bonds. The molecule has 0 aliphatic heterocycles. The van der Waals surface area contributed by atoms with Gasteiger partial charge in [0, 0.05) is 24.5 Å². The van der Waals surface area contributed by atoms with Crippen LogP contribution in [-0.4, -0.2) is 43.1 Å². The lowest BCUT2D eigenvalue weighted by atomic mass is 9.87. The molecule has 4 N–H and O–H groups in total. The Labute approximate surface area is 175 Å². The summed E-state index contributed by atoms with van der Waals surface area (Å²) >= 11 is 0. The van der Waals surface area contributed by atoms with Gasteiger partial charge < -0.3 is 20.4 Å². The molecule has 0 bridgehead atoms. The first-order valence-corrected chi connectivity index (χ1v) is 10.7. The van der Waals surface area contributed by atoms with Crippen molar-refractivity contribution in [3.63, 3.8) is 0 Å². The second-order valence-electron chi connectivity index (χ2n) is 8.49. The van der Waals surface area contributed by atoms with Crippen LogP contribution in [0, 0.1) is 17.2 Å². The summed E-state index contributed by atoms with van der Waals surface area (Å²) in [4.78, 5) is 26.8. The maximum Gasteiger partial charge on any atom is 0.227 e. The number of hydrogen-bond donors (Lipinski definition) is 4. The Morgan fingerprint density at radius 2 is 2.13 bits per heavy atom. The molecule has 2 saturated carbocycles. The van der Waals surface area contributed by atoms with Crippen LogP contribution in [0.4, 0.5) is 0 Å². The van der Waals surface area contributed by atoms with Gasteiger partial charge in [0.1, 0.15) is 17.0 Å². The van der Waals surface area contributed by atoms with Crippen molar-refractivity contribution >= 4 is 28.0 Å². The number of carbonyl (C=O) groups excluding carboxylic acids is 1. The number of carbonyl (C=O) groups is 1. The molecule has 158 valence electrons. The molecule has 3 aromatic heterocycles. The highest BCUT2D eigenvalue weighted by Crippen LogP contribution is 2.33. The monoisotopic (exact) mass is 408 g/mol. The van der Waals surface area contributed by atoms with E-state index >= 15 is 0 Å². The molecule has 30 heavy (non-hydrogen) atoms. The van der Waals surface area contributed by atoms with Gasteiger partial charge in [-0.25, -0.2) is 9.97 Å². The van der Waals surface area contributed by atoms with E-state index in [1.807, 2.05) is 12.3 Å². The van der Waals surface area contributed by atoms with Crippen LogP contribution in [0.3, 0.4) is 0 Å². The highest BCUT2D eigenvalue weighted by Gasteiger charge is 2.40. The van der Waals surface area contributed by atoms with Gasteiger partial charge in [-0.1, -0.05) is 19.3 Å². The lowest BCUT2D eigenvalue weighted by Crippen LogP contribution is -2.34. The number of rotatable bonds is 5. The number of fused-ring (bicyclic) bond motifs is 3. The summed E-state index contributed by atoms with van der Waals surface area (Å²) in [7, 11) is 0. The lowest BCUT2D eigenvalue weighted by molar-refractivity contribution is -0.121. The number of aromatic amines is 2. The molecule has 8 nitrogen and oxygen atoms in total. The third kappa shape index (κ3) is 4.97. The Bertz CT molecular complexity index is 1050. The predicted octanol–water partition coefficient (Wildman–Crippen LogP) is 3.10. The minimum Gasteiger partial charge on any atom is -0.388 e. The summed E-state index contributed by atoms with van der Waals surface area (Å²) in [6.45, 7) is 0.315. The van der Waals surface area contributed by atoms with E-state index in [2.05, 4.69) is 31.3 Å². The van der Waals surface area contributed by atoms with E-state index in [1.54, 1.807) is 6.20 Å². The molecular weight excluding hydrogens is 380 g/mol. The van der Waals surface area contributed by atoms with Crippen LogP contribution < -0.4 is 5.32 Å². The highest BCUT2D eigenvalue weighted by atomic mass is 16.3. The molecule has 0 unspecified atom stereocenters. The molecular formula is C22H28N6O2. The number of H-pyrrole nitrogens is 2. The van der Waals surface area contributed by atoms with Gasteiger partial charge in [-0.2, -0.15) is 5.26 Å². The molecule has 0 spiro atoms. The van der Waals surface area contributed by atoms with Crippen molar-refractivity contribution in [3.05, 3.63) is 24.3 Å². The number of aromatic nitrogens is 4. The molecule has 2 fully saturated rings. The van der Waals surface area contributed by atoms with Gasteiger partial charge in [-0.05, 0) is 37.7 Å². The summed E-state index contributed by atoms with van der Waals surface area (Å²) in [5, 5.41) is 21.7. The SMILES string of the molecule is N#CCC1CCCCC1.O=C(Cc1nc2c(cnc3[nH]ccc32)[nH]1)NCC1(O)CC1. The number of pyridine rings is 1. The van der Waals surface area contributed by atoms with Crippen LogP contribution in [0.25, 0.3) is 22.1 Å². The summed E-state index contributed by atoms with van der Waals surface area (Å²) in [5.74, 6) is 1.19. The third-order valence-corrected chi connectivity index (χ3v) is 5.96. The van der Waals surface area contributed by atoms with Crippen molar-refractivity contribution in [2.75, 3.05) is 6.54 Å². The molecule has 8 heteroatoms. The number of imidazole rings is 1. The Kier molecular flexibility index (Phi) is 6.00. The summed E-state index contributed by atoms with van der Waals surface area (Å²) in [5.41, 5.74) is 1.72. The number of nitrogens with zero attached hydrogens (tertiary/aromatic N) is 3. The zero-order valence-corrected chi connectivity index (χ0v) is 17.1. The second kappa shape index (κ2) is 8.84. The number of amides is 1. The van der Waals surface area contributed by atoms with Gasteiger partial charge in [0.2, 0.25) is 5.91 Å². The maximum atomic E-state index is 11.9. The highest BCUT2D eigenvalue weighted by molar-refractivity contribution is 6.00. The van der Waals surface area contributed by atoms with Crippen LogP contribution in [0.15, 0.2) is 18.5 Å². The average molecular weight is 409 g/mol. The molecule has 3 aromatic rings. The van der Waals surface area contributed by atoms with Crippen molar-refractivity contribution in [1.82, 2.24) is 25.3 Å². The van der Waals surface area contributed by atoms with Crippen LogP contribution in [-0.2, 0) is 11.2 Å². The minimum atomic E-state index is -0.676. The van der Waals surface area contributed by atoms with Gasteiger partial charge in [-0.15, -0.1) is 0 Å². The maximum absolute atomic E-state index is 11.9. The van der Waals surface area contributed by atoms with E-state index in [-0.39, 0.29) is 12.3 Å². The third-order valence-electron chi connectivity index (χ3n) is 5.96. The van der Waals surface area contributed by atoms with E-state index in [0.29, 0.717) is 12.4 Å². The fraction of sp³-hybridized carbons (Fsp3) is 0.545. The van der Waals surface area contributed by atoms with Crippen molar-refractivity contribution < 1.29 is 9.90 Å². The van der Waals surface area contributed by atoms with E-state index < -0.39 is 5.60 Å². The molecule has 2 aliphatic rings. The second-order valence-corrected chi connectivity index (χ2v) is 8.49. The number of hydrogen-bond acceptors (Lipinski definition) is 5. The van der Waals surface area contributed by atoms with Crippen LogP contribution >= 0.6 is 0 Å². The number of aliphatic hydroxyl groups is 1. The first kappa shape index (κ1) is 20.4. The van der Waals surface area contributed by atoms with Crippen LogP contribution in [0.2, 0.25) is 0 Å². The molecule has 0 aromatic carbocycles. The molecule has 5 rings (SSSR count). The van der Waals surface area contributed by atoms with E-state index in [0.717, 1.165) is 47.2 Å². The lowest BCUT2D eigenvalue weighted by Gasteiger charge is -2.17. The zero-order valence-electron chi connectivity index (χ0n) is 17.1. The molecule has 3 heterocycles. The Balaban J connectivity index is 0.000000204. The summed E-state index contributed by atoms with van der Waals surface area (Å²) in [6, 6.07) is 4.15. The average Bonchev–Trinajstić information content (AvgIpc) is 3.14. The van der Waals surface area contributed by atoms with Crippen LogP contribution in [0.5, 0.6) is 0 Å². The molecule has 0 atom stereocenters. The normalized spacial score (nSPS) is 17.9. The Morgan fingerprint density at radius 1 is 1.33 bits per heavy atom. The Morgan fingerprint density at radius 3 is 2.87 bits per heavy atom. The minimum absolute atomic E-state index is 0.146. The van der Waals surface area contributed by atoms with Gasteiger partial charge in [0.25, 0.3) is 0 Å². The smallest absolute Gasteiger partial charge is 0.227 e. The van der Waals surface area contributed by atoms with Crippen molar-refractivity contribution in [2.45, 2.75) is 63.4 Å². The predicted molar refractivity (Wildman–Crippen MR) is 113 cm³/mol. The molecule has 0 radical (unpaired) electrons.